The lowest BCUT2D eigenvalue weighted by Crippen LogP contribution is -2.40. The first-order valence-electron chi connectivity index (χ1n) is 7.53. The third-order valence-electron chi connectivity index (χ3n) is 4.09. The summed E-state index contributed by atoms with van der Waals surface area (Å²) in [7, 11) is 0. The van der Waals surface area contributed by atoms with Gasteiger partial charge in [0, 0.05) is 30.5 Å². The monoisotopic (exact) mass is 313 g/mol. The van der Waals surface area contributed by atoms with Crippen LogP contribution in [0, 0.1) is 0 Å². The number of carbonyl (C=O) groups excluding carboxylic acids is 2. The summed E-state index contributed by atoms with van der Waals surface area (Å²) in [6.07, 6.45) is 2.04. The molecule has 1 aliphatic rings. The Morgan fingerprint density at radius 3 is 2.65 bits per heavy atom. The number of primary amides is 1. The van der Waals surface area contributed by atoms with Gasteiger partial charge in [0.05, 0.1) is 6.04 Å². The molecule has 1 aliphatic heterocycles. The first-order chi connectivity index (χ1) is 11.1. The smallest absolute Gasteiger partial charge is 0.255 e. The molecule has 120 valence electrons. The Hall–Kier alpha value is -2.76. The average molecular weight is 313 g/mol. The molecule has 0 unspecified atom stereocenters. The molecule has 0 fully saturated rings. The normalized spacial score (nSPS) is 16.7. The number of nitrogens with two attached hydrogens (primary N) is 1. The minimum absolute atomic E-state index is 0.00796. The molecule has 0 spiro atoms. The Kier molecular flexibility index (Phi) is 4.06. The molecule has 2 aromatic rings. The fourth-order valence-electron chi connectivity index (χ4n) is 2.87. The second-order valence-corrected chi connectivity index (χ2v) is 5.58. The zero-order valence-electron chi connectivity index (χ0n) is 12.9. The standard InChI is InChI=1S/C17H19N3O3/c1-12-15-3-2-8-19(15)9-10-20(12)17(22)13-4-6-14(7-5-13)23-11-16(18)21/h2-8,12H,9-11H2,1H3,(H2,18,21)/t12-/m1/s1. The summed E-state index contributed by atoms with van der Waals surface area (Å²) in [4.78, 5) is 25.3. The molecule has 2 N–H and O–H groups in total. The van der Waals surface area contributed by atoms with Crippen LogP contribution in [0.1, 0.15) is 29.0 Å². The second-order valence-electron chi connectivity index (χ2n) is 5.58. The van der Waals surface area contributed by atoms with Crippen molar-refractivity contribution in [3.8, 4) is 5.75 Å². The molecule has 3 rings (SSSR count). The van der Waals surface area contributed by atoms with Gasteiger partial charge in [0.25, 0.3) is 11.8 Å². The molecule has 0 bridgehead atoms. The Balaban J connectivity index is 1.72. The van der Waals surface area contributed by atoms with Crippen LogP contribution in [-0.4, -0.2) is 34.4 Å². The molecule has 2 heterocycles. The molecular formula is C17H19N3O3. The van der Waals surface area contributed by atoms with Crippen molar-refractivity contribution in [2.24, 2.45) is 5.73 Å². The zero-order valence-corrected chi connectivity index (χ0v) is 12.9. The lowest BCUT2D eigenvalue weighted by Gasteiger charge is -2.35. The van der Waals surface area contributed by atoms with Crippen molar-refractivity contribution in [2.75, 3.05) is 13.2 Å². The van der Waals surface area contributed by atoms with Crippen LogP contribution >= 0.6 is 0 Å². The van der Waals surface area contributed by atoms with E-state index in [1.165, 1.54) is 0 Å². The summed E-state index contributed by atoms with van der Waals surface area (Å²) in [5.41, 5.74) is 6.78. The Morgan fingerprint density at radius 2 is 1.96 bits per heavy atom. The summed E-state index contributed by atoms with van der Waals surface area (Å²) in [6, 6.07) is 10.9. The van der Waals surface area contributed by atoms with Crippen molar-refractivity contribution < 1.29 is 14.3 Å². The van der Waals surface area contributed by atoms with Gasteiger partial charge in [-0.25, -0.2) is 0 Å². The van der Waals surface area contributed by atoms with Gasteiger partial charge in [-0.1, -0.05) is 0 Å². The number of amides is 2. The minimum Gasteiger partial charge on any atom is -0.484 e. The summed E-state index contributed by atoms with van der Waals surface area (Å²) < 4.78 is 7.38. The molecule has 0 radical (unpaired) electrons. The van der Waals surface area contributed by atoms with Crippen LogP contribution in [0.3, 0.4) is 0 Å². The highest BCUT2D eigenvalue weighted by Gasteiger charge is 2.27. The maximum Gasteiger partial charge on any atom is 0.255 e. The highest BCUT2D eigenvalue weighted by molar-refractivity contribution is 5.94. The van der Waals surface area contributed by atoms with Crippen molar-refractivity contribution in [2.45, 2.75) is 19.5 Å². The van der Waals surface area contributed by atoms with Gasteiger partial charge in [-0.05, 0) is 43.3 Å². The summed E-state index contributed by atoms with van der Waals surface area (Å²) in [5, 5.41) is 0. The maximum absolute atomic E-state index is 12.7. The fourth-order valence-corrected chi connectivity index (χ4v) is 2.87. The quantitative estimate of drug-likeness (QED) is 0.930. The van der Waals surface area contributed by atoms with Gasteiger partial charge >= 0.3 is 0 Å². The summed E-state index contributed by atoms with van der Waals surface area (Å²) in [5.74, 6) is -0.0254. The lowest BCUT2D eigenvalue weighted by molar-refractivity contribution is -0.119. The Bertz CT molecular complexity index is 721. The number of rotatable bonds is 4. The van der Waals surface area contributed by atoms with E-state index in [9.17, 15) is 9.59 Å². The van der Waals surface area contributed by atoms with Gasteiger partial charge in [0.2, 0.25) is 0 Å². The van der Waals surface area contributed by atoms with Crippen LogP contribution in [0.5, 0.6) is 5.75 Å². The van der Waals surface area contributed by atoms with Crippen LogP contribution in [-0.2, 0) is 11.3 Å². The van der Waals surface area contributed by atoms with Crippen LogP contribution in [0.25, 0.3) is 0 Å². The van der Waals surface area contributed by atoms with E-state index in [1.54, 1.807) is 24.3 Å². The molecule has 6 heteroatoms. The summed E-state index contributed by atoms with van der Waals surface area (Å²) >= 11 is 0. The van der Waals surface area contributed by atoms with E-state index in [2.05, 4.69) is 4.57 Å². The second kappa shape index (κ2) is 6.16. The van der Waals surface area contributed by atoms with Gasteiger partial charge in [-0.15, -0.1) is 0 Å². The highest BCUT2D eigenvalue weighted by Crippen LogP contribution is 2.27. The average Bonchev–Trinajstić information content (AvgIpc) is 3.03. The van der Waals surface area contributed by atoms with Crippen LogP contribution in [0.2, 0.25) is 0 Å². The predicted octanol–water partition coefficient (Wildman–Crippen LogP) is 1.57. The maximum atomic E-state index is 12.7. The van der Waals surface area contributed by atoms with Crippen LogP contribution in [0.15, 0.2) is 42.6 Å². The molecule has 1 aromatic heterocycles. The van der Waals surface area contributed by atoms with Crippen LogP contribution < -0.4 is 10.5 Å². The molecule has 1 atom stereocenters. The number of fused-ring (bicyclic) bond motifs is 1. The number of benzene rings is 1. The largest absolute Gasteiger partial charge is 0.484 e. The number of ether oxygens (including phenoxy) is 1. The molecule has 23 heavy (non-hydrogen) atoms. The van der Waals surface area contributed by atoms with Crippen molar-refractivity contribution >= 4 is 11.8 Å². The Morgan fingerprint density at radius 1 is 1.22 bits per heavy atom. The fraction of sp³-hybridized carbons (Fsp3) is 0.294. The number of aromatic nitrogens is 1. The Labute approximate surface area is 134 Å². The number of hydrogen-bond acceptors (Lipinski definition) is 3. The molecule has 2 amide bonds. The van der Waals surface area contributed by atoms with Gasteiger partial charge < -0.3 is 19.9 Å². The third-order valence-corrected chi connectivity index (χ3v) is 4.09. The van der Waals surface area contributed by atoms with Crippen molar-refractivity contribution in [3.63, 3.8) is 0 Å². The number of carbonyl (C=O) groups is 2. The number of hydrogen-bond donors (Lipinski definition) is 1. The van der Waals surface area contributed by atoms with Gasteiger partial charge in [-0.3, -0.25) is 9.59 Å². The van der Waals surface area contributed by atoms with Gasteiger partial charge in [-0.2, -0.15) is 0 Å². The van der Waals surface area contributed by atoms with E-state index in [-0.39, 0.29) is 18.6 Å². The van der Waals surface area contributed by atoms with Crippen molar-refractivity contribution in [1.82, 2.24) is 9.47 Å². The van der Waals surface area contributed by atoms with E-state index in [0.29, 0.717) is 17.9 Å². The van der Waals surface area contributed by atoms with Crippen molar-refractivity contribution in [3.05, 3.63) is 53.9 Å². The predicted molar refractivity (Wildman–Crippen MR) is 85.0 cm³/mol. The minimum atomic E-state index is -0.532. The van der Waals surface area contributed by atoms with E-state index in [4.69, 9.17) is 10.5 Å². The molecule has 0 saturated carbocycles. The topological polar surface area (TPSA) is 77.6 Å². The highest BCUT2D eigenvalue weighted by atomic mass is 16.5. The van der Waals surface area contributed by atoms with E-state index in [1.807, 2.05) is 30.2 Å². The number of nitrogens with zero attached hydrogens (tertiary/aromatic N) is 2. The molecule has 1 aromatic carbocycles. The van der Waals surface area contributed by atoms with E-state index < -0.39 is 5.91 Å². The van der Waals surface area contributed by atoms with E-state index in [0.717, 1.165) is 12.2 Å². The van der Waals surface area contributed by atoms with Gasteiger partial charge in [0.15, 0.2) is 6.61 Å². The zero-order chi connectivity index (χ0) is 16.4. The molecule has 0 saturated heterocycles. The molecular weight excluding hydrogens is 294 g/mol. The first-order valence-corrected chi connectivity index (χ1v) is 7.53. The molecule has 0 aliphatic carbocycles. The van der Waals surface area contributed by atoms with E-state index >= 15 is 0 Å². The first kappa shape index (κ1) is 15.1. The SMILES string of the molecule is C[C@@H]1c2cccn2CCN1C(=O)c1ccc(OCC(N)=O)cc1. The lowest BCUT2D eigenvalue weighted by atomic mass is 10.1. The van der Waals surface area contributed by atoms with Crippen LogP contribution in [0.4, 0.5) is 0 Å². The van der Waals surface area contributed by atoms with Gasteiger partial charge in [0.1, 0.15) is 5.75 Å². The van der Waals surface area contributed by atoms with Crippen molar-refractivity contribution in [1.29, 1.82) is 0 Å². The molecule has 6 nitrogen and oxygen atoms in total. The summed E-state index contributed by atoms with van der Waals surface area (Å²) in [6.45, 7) is 3.35. The third kappa shape index (κ3) is 3.06.